The van der Waals surface area contributed by atoms with Crippen LogP contribution in [0.2, 0.25) is 0 Å². The van der Waals surface area contributed by atoms with Gasteiger partial charge < -0.3 is 20.2 Å². The highest BCUT2D eigenvalue weighted by molar-refractivity contribution is 7.10. The second-order valence-electron chi connectivity index (χ2n) is 4.36. The van der Waals surface area contributed by atoms with Crippen LogP contribution in [0.15, 0.2) is 11.4 Å². The molecular formula is C11H15NO4S. The Kier molecular flexibility index (Phi) is 3.11. The number of aliphatic hydroxyl groups is 2. The Morgan fingerprint density at radius 3 is 2.82 bits per heavy atom. The number of carboxylic acid groups (broad SMARTS) is 1. The number of nitrogens with zero attached hydrogens (tertiary/aromatic N) is 1. The highest BCUT2D eigenvalue weighted by Crippen LogP contribution is 2.35. The molecule has 2 atom stereocenters. The molecule has 0 radical (unpaired) electrons. The van der Waals surface area contributed by atoms with E-state index in [1.807, 2.05) is 18.4 Å². The number of rotatable bonds is 1. The van der Waals surface area contributed by atoms with E-state index in [-0.39, 0.29) is 19.5 Å². The first kappa shape index (κ1) is 12.3. The maximum absolute atomic E-state index is 10.8. The van der Waals surface area contributed by atoms with Crippen molar-refractivity contribution < 1.29 is 20.1 Å². The van der Waals surface area contributed by atoms with Crippen molar-refractivity contribution in [2.75, 3.05) is 13.1 Å². The fourth-order valence-corrected chi connectivity index (χ4v) is 2.88. The number of thiophene rings is 1. The van der Waals surface area contributed by atoms with Gasteiger partial charge >= 0.3 is 6.09 Å². The maximum Gasteiger partial charge on any atom is 0.407 e. The van der Waals surface area contributed by atoms with Gasteiger partial charge in [0.25, 0.3) is 0 Å². The first-order chi connectivity index (χ1) is 7.93. The van der Waals surface area contributed by atoms with Crippen LogP contribution in [0.25, 0.3) is 0 Å². The van der Waals surface area contributed by atoms with Crippen LogP contribution in [0.4, 0.5) is 4.79 Å². The zero-order valence-electron chi connectivity index (χ0n) is 9.46. The van der Waals surface area contributed by atoms with Crippen molar-refractivity contribution in [1.82, 2.24) is 4.90 Å². The normalized spacial score (nSPS) is 29.4. The average molecular weight is 257 g/mol. The van der Waals surface area contributed by atoms with E-state index in [0.717, 1.165) is 9.78 Å². The Morgan fingerprint density at radius 2 is 2.35 bits per heavy atom. The van der Waals surface area contributed by atoms with Gasteiger partial charge in [0.05, 0.1) is 6.54 Å². The molecule has 1 aliphatic heterocycles. The molecule has 1 amide bonds. The topological polar surface area (TPSA) is 81.0 Å². The highest BCUT2D eigenvalue weighted by Gasteiger charge is 2.43. The Bertz CT molecular complexity index is 433. The lowest BCUT2D eigenvalue weighted by Crippen LogP contribution is -2.54. The van der Waals surface area contributed by atoms with Crippen LogP contribution >= 0.6 is 11.3 Å². The van der Waals surface area contributed by atoms with E-state index in [0.29, 0.717) is 5.56 Å². The SMILES string of the molecule is Cc1cc([C@@]2(O)CCN(C(=O)O)C[C@@H]2O)cs1. The summed E-state index contributed by atoms with van der Waals surface area (Å²) >= 11 is 1.50. The molecule has 2 heterocycles. The van der Waals surface area contributed by atoms with Crippen molar-refractivity contribution in [3.63, 3.8) is 0 Å². The van der Waals surface area contributed by atoms with Crippen LogP contribution in [0.5, 0.6) is 0 Å². The molecule has 1 aromatic rings. The van der Waals surface area contributed by atoms with E-state index in [1.165, 1.54) is 11.3 Å². The molecule has 1 fully saturated rings. The summed E-state index contributed by atoms with van der Waals surface area (Å²) in [5.74, 6) is 0. The summed E-state index contributed by atoms with van der Waals surface area (Å²) in [7, 11) is 0. The third-order valence-electron chi connectivity index (χ3n) is 3.21. The second-order valence-corrected chi connectivity index (χ2v) is 5.48. The minimum atomic E-state index is -1.32. The number of aryl methyl sites for hydroxylation is 1. The fraction of sp³-hybridized carbons (Fsp3) is 0.545. The standard InChI is InChI=1S/C11H15NO4S/c1-7-4-8(6-17-7)11(16)2-3-12(10(14)15)5-9(11)13/h4,6,9,13,16H,2-3,5H2,1H3,(H,14,15)/t9-,11-/m0/s1. The number of carbonyl (C=O) groups is 1. The molecule has 0 aliphatic carbocycles. The molecule has 94 valence electrons. The van der Waals surface area contributed by atoms with Gasteiger partial charge in [-0.3, -0.25) is 0 Å². The first-order valence-electron chi connectivity index (χ1n) is 5.37. The lowest BCUT2D eigenvalue weighted by atomic mass is 9.83. The largest absolute Gasteiger partial charge is 0.465 e. The molecule has 0 unspecified atom stereocenters. The Labute approximate surface area is 103 Å². The number of aliphatic hydroxyl groups excluding tert-OH is 1. The molecule has 0 saturated carbocycles. The Morgan fingerprint density at radius 1 is 1.65 bits per heavy atom. The van der Waals surface area contributed by atoms with Crippen molar-refractivity contribution in [1.29, 1.82) is 0 Å². The van der Waals surface area contributed by atoms with E-state index in [4.69, 9.17) is 5.11 Å². The van der Waals surface area contributed by atoms with Crippen LogP contribution in [0.1, 0.15) is 16.9 Å². The van der Waals surface area contributed by atoms with Gasteiger partial charge in [-0.25, -0.2) is 4.79 Å². The fourth-order valence-electron chi connectivity index (χ4n) is 2.10. The molecule has 1 aromatic heterocycles. The molecule has 17 heavy (non-hydrogen) atoms. The van der Waals surface area contributed by atoms with Gasteiger partial charge in [0.15, 0.2) is 0 Å². The monoisotopic (exact) mass is 257 g/mol. The van der Waals surface area contributed by atoms with Crippen molar-refractivity contribution in [2.45, 2.75) is 25.0 Å². The van der Waals surface area contributed by atoms with E-state index < -0.39 is 17.8 Å². The van der Waals surface area contributed by atoms with E-state index in [9.17, 15) is 15.0 Å². The zero-order chi connectivity index (χ0) is 12.6. The van der Waals surface area contributed by atoms with Crippen molar-refractivity contribution in [2.24, 2.45) is 0 Å². The third kappa shape index (κ3) is 2.15. The van der Waals surface area contributed by atoms with Crippen molar-refractivity contribution in [3.8, 4) is 0 Å². The number of likely N-dealkylation sites (tertiary alicyclic amines) is 1. The van der Waals surface area contributed by atoms with Crippen molar-refractivity contribution in [3.05, 3.63) is 21.9 Å². The van der Waals surface area contributed by atoms with Gasteiger partial charge in [-0.15, -0.1) is 11.3 Å². The summed E-state index contributed by atoms with van der Waals surface area (Å²) < 4.78 is 0. The molecule has 0 spiro atoms. The zero-order valence-corrected chi connectivity index (χ0v) is 10.3. The molecule has 1 aliphatic rings. The number of piperidine rings is 1. The molecule has 0 bridgehead atoms. The average Bonchev–Trinajstić information content (AvgIpc) is 2.69. The molecule has 1 saturated heterocycles. The molecule has 5 nitrogen and oxygen atoms in total. The molecular weight excluding hydrogens is 242 g/mol. The van der Waals surface area contributed by atoms with E-state index in [1.54, 1.807) is 0 Å². The molecule has 2 rings (SSSR count). The van der Waals surface area contributed by atoms with Gasteiger partial charge in [0, 0.05) is 17.8 Å². The quantitative estimate of drug-likeness (QED) is 0.700. The summed E-state index contributed by atoms with van der Waals surface area (Å²) in [4.78, 5) is 13.0. The van der Waals surface area contributed by atoms with Gasteiger partial charge in [-0.2, -0.15) is 0 Å². The highest BCUT2D eigenvalue weighted by atomic mass is 32.1. The predicted octanol–water partition coefficient (Wildman–Crippen LogP) is 0.989. The van der Waals surface area contributed by atoms with Crippen molar-refractivity contribution >= 4 is 17.4 Å². The van der Waals surface area contributed by atoms with Gasteiger partial charge in [0.1, 0.15) is 11.7 Å². The molecule has 0 aromatic carbocycles. The van der Waals surface area contributed by atoms with E-state index >= 15 is 0 Å². The van der Waals surface area contributed by atoms with Crippen LogP contribution < -0.4 is 0 Å². The minimum absolute atomic E-state index is 0.0548. The van der Waals surface area contributed by atoms with Gasteiger partial charge in [0.2, 0.25) is 0 Å². The maximum atomic E-state index is 10.8. The van der Waals surface area contributed by atoms with Crippen LogP contribution in [0, 0.1) is 6.92 Å². The summed E-state index contributed by atoms with van der Waals surface area (Å²) in [6.45, 7) is 2.11. The Balaban J connectivity index is 2.20. The summed E-state index contributed by atoms with van der Waals surface area (Å²) in [5, 5.41) is 31.1. The van der Waals surface area contributed by atoms with Crippen LogP contribution in [-0.2, 0) is 5.60 Å². The lowest BCUT2D eigenvalue weighted by molar-refractivity contribution is -0.119. The molecule has 3 N–H and O–H groups in total. The third-order valence-corrected chi connectivity index (χ3v) is 4.07. The first-order valence-corrected chi connectivity index (χ1v) is 6.25. The smallest absolute Gasteiger partial charge is 0.407 e. The summed E-state index contributed by atoms with van der Waals surface area (Å²) in [6.07, 6.45) is -1.93. The lowest BCUT2D eigenvalue weighted by Gasteiger charge is -2.40. The van der Waals surface area contributed by atoms with Gasteiger partial charge in [-0.1, -0.05) is 0 Å². The Hall–Kier alpha value is -1.11. The van der Waals surface area contributed by atoms with E-state index in [2.05, 4.69) is 0 Å². The number of amides is 1. The van der Waals surface area contributed by atoms with Crippen LogP contribution in [0.3, 0.4) is 0 Å². The summed E-state index contributed by atoms with van der Waals surface area (Å²) in [6, 6.07) is 1.84. The number of hydrogen-bond donors (Lipinski definition) is 3. The summed E-state index contributed by atoms with van der Waals surface area (Å²) in [5.41, 5.74) is -0.644. The van der Waals surface area contributed by atoms with Crippen LogP contribution in [-0.4, -0.2) is 45.5 Å². The van der Waals surface area contributed by atoms with Gasteiger partial charge in [-0.05, 0) is 23.9 Å². The predicted molar refractivity (Wildman–Crippen MR) is 63.2 cm³/mol. The molecule has 6 heteroatoms. The number of β-amino-alcohol motifs (C(OH)–C–C–N with tert-alkyl or cyclic N) is 1. The number of hydrogen-bond acceptors (Lipinski definition) is 4. The second kappa shape index (κ2) is 4.29. The minimum Gasteiger partial charge on any atom is -0.465 e.